The fraction of sp³-hybridized carbons (Fsp3) is 0.562. The Labute approximate surface area is 130 Å². The van der Waals surface area contributed by atoms with Crippen LogP contribution in [0, 0.1) is 5.92 Å². The maximum Gasteiger partial charge on any atom is 0.220 e. The molecule has 4 heteroatoms. The van der Waals surface area contributed by atoms with Gasteiger partial charge in [0.05, 0.1) is 6.04 Å². The Kier molecular flexibility index (Phi) is 7.85. The standard InChI is InChI=1S/C16H25BrN2O/c1-3-13(9-10-18)7-8-16(20)19-12(2)14-5-4-6-15(17)11-14/h4-6,11-13H,3,7-10,18H2,1-2H3,(H,19,20)/t12-,13?/m1/s1. The summed E-state index contributed by atoms with van der Waals surface area (Å²) in [5.41, 5.74) is 6.69. The fourth-order valence-corrected chi connectivity index (χ4v) is 2.71. The van der Waals surface area contributed by atoms with Gasteiger partial charge in [0, 0.05) is 10.9 Å². The molecule has 1 aromatic rings. The van der Waals surface area contributed by atoms with Crippen LogP contribution in [0.3, 0.4) is 0 Å². The third-order valence-electron chi connectivity index (χ3n) is 3.66. The number of carbonyl (C=O) groups is 1. The van der Waals surface area contributed by atoms with Crippen LogP contribution in [0.1, 0.15) is 51.1 Å². The van der Waals surface area contributed by atoms with E-state index >= 15 is 0 Å². The largest absolute Gasteiger partial charge is 0.350 e. The first-order chi connectivity index (χ1) is 9.56. The summed E-state index contributed by atoms with van der Waals surface area (Å²) in [6, 6.07) is 8.06. The molecule has 0 saturated carbocycles. The molecule has 0 fully saturated rings. The Bertz CT molecular complexity index is 423. The van der Waals surface area contributed by atoms with Gasteiger partial charge in [0.1, 0.15) is 0 Å². The normalized spacial score (nSPS) is 13.8. The maximum absolute atomic E-state index is 12.0. The first-order valence-electron chi connectivity index (χ1n) is 7.31. The Hall–Kier alpha value is -0.870. The first kappa shape index (κ1) is 17.2. The molecule has 0 bridgehead atoms. The molecule has 0 aliphatic heterocycles. The second kappa shape index (κ2) is 9.14. The van der Waals surface area contributed by atoms with Gasteiger partial charge in [-0.25, -0.2) is 0 Å². The van der Waals surface area contributed by atoms with Crippen LogP contribution < -0.4 is 11.1 Å². The molecule has 0 aliphatic carbocycles. The van der Waals surface area contributed by atoms with Gasteiger partial charge in [0.2, 0.25) is 5.91 Å². The highest BCUT2D eigenvalue weighted by atomic mass is 79.9. The van der Waals surface area contributed by atoms with Crippen LogP contribution in [0.15, 0.2) is 28.7 Å². The number of hydrogen-bond donors (Lipinski definition) is 2. The predicted octanol–water partition coefficient (Wildman–Crippen LogP) is 3.78. The molecule has 0 spiro atoms. The number of carbonyl (C=O) groups excluding carboxylic acids is 1. The zero-order chi connectivity index (χ0) is 15.0. The lowest BCUT2D eigenvalue weighted by atomic mass is 9.96. The lowest BCUT2D eigenvalue weighted by molar-refractivity contribution is -0.122. The molecule has 1 amide bonds. The number of hydrogen-bond acceptors (Lipinski definition) is 2. The van der Waals surface area contributed by atoms with Crippen molar-refractivity contribution in [1.29, 1.82) is 0 Å². The van der Waals surface area contributed by atoms with E-state index in [1.165, 1.54) is 0 Å². The molecule has 1 aromatic carbocycles. The van der Waals surface area contributed by atoms with Gasteiger partial charge in [-0.2, -0.15) is 0 Å². The molecule has 112 valence electrons. The molecule has 0 heterocycles. The average Bonchev–Trinajstić information content (AvgIpc) is 2.43. The van der Waals surface area contributed by atoms with E-state index in [2.05, 4.69) is 28.2 Å². The summed E-state index contributed by atoms with van der Waals surface area (Å²) in [7, 11) is 0. The van der Waals surface area contributed by atoms with Crippen molar-refractivity contribution in [2.45, 2.75) is 45.6 Å². The topological polar surface area (TPSA) is 55.1 Å². The van der Waals surface area contributed by atoms with Crippen molar-refractivity contribution in [3.05, 3.63) is 34.3 Å². The molecular formula is C16H25BrN2O. The number of amides is 1. The van der Waals surface area contributed by atoms with Crippen LogP contribution in [-0.4, -0.2) is 12.5 Å². The van der Waals surface area contributed by atoms with E-state index in [1.54, 1.807) is 0 Å². The summed E-state index contributed by atoms with van der Waals surface area (Å²) in [6.45, 7) is 4.87. The molecule has 1 rings (SSSR count). The molecule has 20 heavy (non-hydrogen) atoms. The number of nitrogens with two attached hydrogens (primary N) is 1. The second-order valence-electron chi connectivity index (χ2n) is 5.23. The van der Waals surface area contributed by atoms with Gasteiger partial charge < -0.3 is 11.1 Å². The number of benzene rings is 1. The third-order valence-corrected chi connectivity index (χ3v) is 4.15. The lowest BCUT2D eigenvalue weighted by Gasteiger charge is -2.17. The van der Waals surface area contributed by atoms with E-state index < -0.39 is 0 Å². The lowest BCUT2D eigenvalue weighted by Crippen LogP contribution is -2.27. The SMILES string of the molecule is CCC(CCN)CCC(=O)N[C@H](C)c1cccc(Br)c1. The molecular weight excluding hydrogens is 316 g/mol. The van der Waals surface area contributed by atoms with Gasteiger partial charge in [-0.3, -0.25) is 4.79 Å². The maximum atomic E-state index is 12.0. The van der Waals surface area contributed by atoms with Gasteiger partial charge in [-0.05, 0) is 49.9 Å². The van der Waals surface area contributed by atoms with E-state index in [9.17, 15) is 4.79 Å². The number of halogens is 1. The third kappa shape index (κ3) is 6.06. The zero-order valence-corrected chi connectivity index (χ0v) is 13.9. The van der Waals surface area contributed by atoms with Crippen molar-refractivity contribution in [1.82, 2.24) is 5.32 Å². The van der Waals surface area contributed by atoms with Crippen LogP contribution in [0.25, 0.3) is 0 Å². The highest BCUT2D eigenvalue weighted by Gasteiger charge is 2.12. The highest BCUT2D eigenvalue weighted by molar-refractivity contribution is 9.10. The Morgan fingerprint density at radius 2 is 2.15 bits per heavy atom. The van der Waals surface area contributed by atoms with Crippen LogP contribution in [0.4, 0.5) is 0 Å². The minimum Gasteiger partial charge on any atom is -0.350 e. The van der Waals surface area contributed by atoms with Gasteiger partial charge in [0.25, 0.3) is 0 Å². The molecule has 0 aromatic heterocycles. The van der Waals surface area contributed by atoms with E-state index in [-0.39, 0.29) is 11.9 Å². The van der Waals surface area contributed by atoms with Gasteiger partial charge in [-0.1, -0.05) is 41.4 Å². The van der Waals surface area contributed by atoms with Gasteiger partial charge >= 0.3 is 0 Å². The summed E-state index contributed by atoms with van der Waals surface area (Å²) < 4.78 is 1.03. The fourth-order valence-electron chi connectivity index (χ4n) is 2.30. The Balaban J connectivity index is 2.42. The van der Waals surface area contributed by atoms with E-state index in [0.29, 0.717) is 18.9 Å². The molecule has 0 saturated heterocycles. The monoisotopic (exact) mass is 340 g/mol. The minimum absolute atomic E-state index is 0.0367. The summed E-state index contributed by atoms with van der Waals surface area (Å²) in [5, 5.41) is 3.05. The zero-order valence-electron chi connectivity index (χ0n) is 12.4. The molecule has 2 atom stereocenters. The first-order valence-corrected chi connectivity index (χ1v) is 8.11. The minimum atomic E-state index is 0.0367. The summed E-state index contributed by atoms with van der Waals surface area (Å²) in [5.74, 6) is 0.680. The van der Waals surface area contributed by atoms with E-state index in [0.717, 1.165) is 29.3 Å². The number of rotatable bonds is 8. The Morgan fingerprint density at radius 3 is 2.75 bits per heavy atom. The van der Waals surface area contributed by atoms with Crippen molar-refractivity contribution < 1.29 is 4.79 Å². The highest BCUT2D eigenvalue weighted by Crippen LogP contribution is 2.19. The Morgan fingerprint density at radius 1 is 1.40 bits per heavy atom. The van der Waals surface area contributed by atoms with Crippen LogP contribution in [-0.2, 0) is 4.79 Å². The molecule has 3 nitrogen and oxygen atoms in total. The molecule has 0 radical (unpaired) electrons. The van der Waals surface area contributed by atoms with E-state index in [4.69, 9.17) is 5.73 Å². The summed E-state index contributed by atoms with van der Waals surface area (Å²) >= 11 is 3.45. The summed E-state index contributed by atoms with van der Waals surface area (Å²) in [6.07, 6.45) is 3.60. The summed E-state index contributed by atoms with van der Waals surface area (Å²) in [4.78, 5) is 12.0. The molecule has 1 unspecified atom stereocenters. The second-order valence-corrected chi connectivity index (χ2v) is 6.15. The van der Waals surface area contributed by atoms with Crippen LogP contribution in [0.5, 0.6) is 0 Å². The predicted molar refractivity (Wildman–Crippen MR) is 87.4 cm³/mol. The van der Waals surface area contributed by atoms with Crippen LogP contribution >= 0.6 is 15.9 Å². The van der Waals surface area contributed by atoms with Crippen molar-refractivity contribution >= 4 is 21.8 Å². The average molecular weight is 341 g/mol. The van der Waals surface area contributed by atoms with Crippen molar-refractivity contribution in [3.63, 3.8) is 0 Å². The molecule has 3 N–H and O–H groups in total. The van der Waals surface area contributed by atoms with Crippen molar-refractivity contribution in [2.24, 2.45) is 11.7 Å². The molecule has 0 aliphatic rings. The quantitative estimate of drug-likeness (QED) is 0.756. The van der Waals surface area contributed by atoms with Gasteiger partial charge in [-0.15, -0.1) is 0 Å². The van der Waals surface area contributed by atoms with Crippen molar-refractivity contribution in [3.8, 4) is 0 Å². The number of nitrogens with one attached hydrogen (secondary N) is 1. The van der Waals surface area contributed by atoms with Crippen LogP contribution in [0.2, 0.25) is 0 Å². The smallest absolute Gasteiger partial charge is 0.220 e. The van der Waals surface area contributed by atoms with E-state index in [1.807, 2.05) is 31.2 Å². The van der Waals surface area contributed by atoms with Crippen molar-refractivity contribution in [2.75, 3.05) is 6.54 Å². The van der Waals surface area contributed by atoms with Gasteiger partial charge in [0.15, 0.2) is 0 Å².